The zero-order valence-corrected chi connectivity index (χ0v) is 14.3. The van der Waals surface area contributed by atoms with Crippen molar-refractivity contribution in [2.75, 3.05) is 44.2 Å². The second-order valence-electron chi connectivity index (χ2n) is 5.81. The second-order valence-corrected chi connectivity index (χ2v) is 6.22. The van der Waals surface area contributed by atoms with Crippen molar-refractivity contribution in [2.24, 2.45) is 0 Å². The van der Waals surface area contributed by atoms with E-state index in [0.29, 0.717) is 6.04 Å². The topological polar surface area (TPSA) is 18.5 Å². The molecular weight excluding hydrogens is 282 g/mol. The summed E-state index contributed by atoms with van der Waals surface area (Å²) < 4.78 is 0. The van der Waals surface area contributed by atoms with Gasteiger partial charge in [-0.3, -0.25) is 0 Å². The van der Waals surface area contributed by atoms with Crippen LogP contribution in [0.3, 0.4) is 0 Å². The van der Waals surface area contributed by atoms with Crippen LogP contribution in [0.4, 0.5) is 5.69 Å². The summed E-state index contributed by atoms with van der Waals surface area (Å²) in [5.74, 6) is 0. The molecule has 1 aliphatic heterocycles. The van der Waals surface area contributed by atoms with Crippen molar-refractivity contribution in [1.82, 2.24) is 10.2 Å². The summed E-state index contributed by atoms with van der Waals surface area (Å²) in [6, 6.07) is 6.87. The van der Waals surface area contributed by atoms with E-state index >= 15 is 0 Å². The Kier molecular flexibility index (Phi) is 6.34. The molecule has 0 aliphatic carbocycles. The lowest BCUT2D eigenvalue weighted by molar-refractivity contribution is 0.271. The summed E-state index contributed by atoms with van der Waals surface area (Å²) in [6.07, 6.45) is 1.15. The highest BCUT2D eigenvalue weighted by atomic mass is 35.5. The molecule has 0 spiro atoms. The van der Waals surface area contributed by atoms with Gasteiger partial charge in [0, 0.05) is 32.2 Å². The van der Waals surface area contributed by atoms with Gasteiger partial charge in [-0.2, -0.15) is 0 Å². The first kappa shape index (κ1) is 16.6. The Morgan fingerprint density at radius 3 is 2.48 bits per heavy atom. The first-order valence-electron chi connectivity index (χ1n) is 8.15. The summed E-state index contributed by atoms with van der Waals surface area (Å²) in [7, 11) is 0. The smallest absolute Gasteiger partial charge is 0.0642 e. The van der Waals surface area contributed by atoms with Crippen LogP contribution in [0.2, 0.25) is 5.02 Å². The van der Waals surface area contributed by atoms with E-state index in [9.17, 15) is 0 Å². The maximum atomic E-state index is 6.53. The molecule has 1 atom stereocenters. The van der Waals surface area contributed by atoms with Gasteiger partial charge < -0.3 is 15.1 Å². The van der Waals surface area contributed by atoms with Gasteiger partial charge in [0.1, 0.15) is 0 Å². The van der Waals surface area contributed by atoms with Gasteiger partial charge in [0.05, 0.1) is 10.7 Å². The molecule has 1 heterocycles. The van der Waals surface area contributed by atoms with E-state index in [1.807, 2.05) is 0 Å². The molecular formula is C17H28ClN3. The monoisotopic (exact) mass is 309 g/mol. The van der Waals surface area contributed by atoms with Crippen LogP contribution in [0.1, 0.15) is 38.8 Å². The minimum atomic E-state index is 0.355. The number of likely N-dealkylation sites (N-methyl/N-ethyl adjacent to an activating group) is 1. The molecule has 3 nitrogen and oxygen atoms in total. The molecule has 0 radical (unpaired) electrons. The van der Waals surface area contributed by atoms with E-state index in [-0.39, 0.29) is 0 Å². The van der Waals surface area contributed by atoms with E-state index in [0.717, 1.165) is 50.7 Å². The predicted molar refractivity (Wildman–Crippen MR) is 92.5 cm³/mol. The molecule has 0 bridgehead atoms. The van der Waals surface area contributed by atoms with Gasteiger partial charge in [-0.15, -0.1) is 0 Å². The molecule has 1 fully saturated rings. The Balaban J connectivity index is 2.02. The number of piperazine rings is 1. The van der Waals surface area contributed by atoms with Crippen LogP contribution in [0, 0.1) is 0 Å². The lowest BCUT2D eigenvalue weighted by Gasteiger charge is -2.36. The molecule has 1 aromatic carbocycles. The normalized spacial score (nSPS) is 18.0. The van der Waals surface area contributed by atoms with Crippen LogP contribution in [0.5, 0.6) is 0 Å². The van der Waals surface area contributed by atoms with Crippen LogP contribution in [-0.4, -0.2) is 44.2 Å². The maximum absolute atomic E-state index is 6.53. The number of nitrogens with one attached hydrogen (secondary N) is 1. The second kappa shape index (κ2) is 8.02. The van der Waals surface area contributed by atoms with Gasteiger partial charge >= 0.3 is 0 Å². The van der Waals surface area contributed by atoms with E-state index < -0.39 is 0 Å². The molecule has 1 aromatic rings. The van der Waals surface area contributed by atoms with E-state index in [4.69, 9.17) is 11.6 Å². The van der Waals surface area contributed by atoms with Crippen molar-refractivity contribution in [3.8, 4) is 0 Å². The summed E-state index contributed by atoms with van der Waals surface area (Å²) in [4.78, 5) is 4.89. The van der Waals surface area contributed by atoms with Gasteiger partial charge in [0.15, 0.2) is 0 Å². The highest BCUT2D eigenvalue weighted by molar-refractivity contribution is 6.33. The molecule has 0 aromatic heterocycles. The standard InChI is InChI=1S/C17H28ClN3/c1-4-8-19-14(3)15-6-7-17(16(18)13-15)21-11-9-20(5-2)10-12-21/h6-7,13-14,19H,4-5,8-12H2,1-3H3. The van der Waals surface area contributed by atoms with Gasteiger partial charge in [-0.05, 0) is 44.1 Å². The number of nitrogens with zero attached hydrogens (tertiary/aromatic N) is 2. The fourth-order valence-corrected chi connectivity index (χ4v) is 3.14. The highest BCUT2D eigenvalue weighted by Gasteiger charge is 2.18. The molecule has 1 unspecified atom stereocenters. The van der Waals surface area contributed by atoms with Crippen molar-refractivity contribution >= 4 is 17.3 Å². The number of rotatable bonds is 6. The third kappa shape index (κ3) is 4.35. The number of halogens is 1. The first-order chi connectivity index (χ1) is 10.2. The molecule has 0 amide bonds. The zero-order valence-electron chi connectivity index (χ0n) is 13.5. The van der Waals surface area contributed by atoms with Crippen LogP contribution in [-0.2, 0) is 0 Å². The number of hydrogen-bond donors (Lipinski definition) is 1. The van der Waals surface area contributed by atoms with Crippen molar-refractivity contribution in [3.63, 3.8) is 0 Å². The van der Waals surface area contributed by atoms with E-state index in [1.54, 1.807) is 0 Å². The van der Waals surface area contributed by atoms with Crippen molar-refractivity contribution in [2.45, 2.75) is 33.2 Å². The number of benzene rings is 1. The van der Waals surface area contributed by atoms with Crippen LogP contribution < -0.4 is 10.2 Å². The molecule has 1 N–H and O–H groups in total. The quantitative estimate of drug-likeness (QED) is 0.867. The maximum Gasteiger partial charge on any atom is 0.0642 e. The Morgan fingerprint density at radius 1 is 1.19 bits per heavy atom. The van der Waals surface area contributed by atoms with Gasteiger partial charge in [-0.1, -0.05) is 31.5 Å². The number of hydrogen-bond acceptors (Lipinski definition) is 3. The Bertz CT molecular complexity index is 442. The minimum Gasteiger partial charge on any atom is -0.368 e. The SMILES string of the molecule is CCCNC(C)c1ccc(N2CCN(CC)CC2)c(Cl)c1. The highest BCUT2D eigenvalue weighted by Crippen LogP contribution is 2.29. The third-order valence-corrected chi connectivity index (χ3v) is 4.64. The summed E-state index contributed by atoms with van der Waals surface area (Å²) in [5.41, 5.74) is 2.45. The molecule has 4 heteroatoms. The van der Waals surface area contributed by atoms with Crippen LogP contribution >= 0.6 is 11.6 Å². The van der Waals surface area contributed by atoms with Crippen molar-refractivity contribution in [3.05, 3.63) is 28.8 Å². The fraction of sp³-hybridized carbons (Fsp3) is 0.647. The lowest BCUT2D eigenvalue weighted by atomic mass is 10.1. The fourth-order valence-electron chi connectivity index (χ4n) is 2.83. The predicted octanol–water partition coefficient (Wildman–Crippen LogP) is 3.54. The molecule has 118 valence electrons. The third-order valence-electron chi connectivity index (χ3n) is 4.33. The minimum absolute atomic E-state index is 0.355. The van der Waals surface area contributed by atoms with E-state index in [1.165, 1.54) is 11.3 Å². The average Bonchev–Trinajstić information content (AvgIpc) is 2.52. The summed E-state index contributed by atoms with van der Waals surface area (Å²) >= 11 is 6.53. The Hall–Kier alpha value is -0.770. The number of anilines is 1. The Morgan fingerprint density at radius 2 is 1.90 bits per heavy atom. The average molecular weight is 310 g/mol. The van der Waals surface area contributed by atoms with Gasteiger partial charge in [0.25, 0.3) is 0 Å². The molecule has 2 rings (SSSR count). The molecule has 1 aliphatic rings. The molecule has 21 heavy (non-hydrogen) atoms. The molecule has 1 saturated heterocycles. The van der Waals surface area contributed by atoms with Crippen LogP contribution in [0.25, 0.3) is 0 Å². The summed E-state index contributed by atoms with van der Waals surface area (Å²) in [5, 5.41) is 4.39. The van der Waals surface area contributed by atoms with Crippen LogP contribution in [0.15, 0.2) is 18.2 Å². The van der Waals surface area contributed by atoms with Crippen molar-refractivity contribution < 1.29 is 0 Å². The zero-order chi connectivity index (χ0) is 15.2. The van der Waals surface area contributed by atoms with Gasteiger partial charge in [0.2, 0.25) is 0 Å². The molecule has 0 saturated carbocycles. The first-order valence-corrected chi connectivity index (χ1v) is 8.53. The lowest BCUT2D eigenvalue weighted by Crippen LogP contribution is -2.46. The Labute approximate surface area is 134 Å². The van der Waals surface area contributed by atoms with Gasteiger partial charge in [-0.25, -0.2) is 0 Å². The largest absolute Gasteiger partial charge is 0.368 e. The summed E-state index contributed by atoms with van der Waals surface area (Å²) in [6.45, 7) is 13.2. The van der Waals surface area contributed by atoms with Crippen molar-refractivity contribution in [1.29, 1.82) is 0 Å². The van der Waals surface area contributed by atoms with E-state index in [2.05, 4.69) is 54.1 Å².